The van der Waals surface area contributed by atoms with E-state index >= 15 is 0 Å². The molecule has 0 amide bonds. The highest BCUT2D eigenvalue weighted by Gasteiger charge is 2.00. The molecule has 10 heavy (non-hydrogen) atoms. The van der Waals surface area contributed by atoms with Crippen LogP contribution in [-0.4, -0.2) is 10.9 Å². The lowest BCUT2D eigenvalue weighted by Crippen LogP contribution is -1.85. The maximum absolute atomic E-state index is 4.89. The van der Waals surface area contributed by atoms with Crippen molar-refractivity contribution in [3.05, 3.63) is 17.5 Å². The Kier molecular flexibility index (Phi) is 2.81. The number of rotatable bonds is 3. The van der Waals surface area contributed by atoms with Crippen LogP contribution in [0.2, 0.25) is 0 Å². The molecular weight excluding hydrogens is 146 g/mol. The lowest BCUT2D eigenvalue weighted by molar-refractivity contribution is 0.396. The maximum atomic E-state index is 4.89. The second-order valence-electron chi connectivity index (χ2n) is 2.23. The third kappa shape index (κ3) is 1.77. The summed E-state index contributed by atoms with van der Waals surface area (Å²) in [6.45, 7) is 1.93. The Morgan fingerprint density at radius 3 is 3.00 bits per heavy atom. The van der Waals surface area contributed by atoms with E-state index in [9.17, 15) is 0 Å². The first kappa shape index (κ1) is 7.66. The summed E-state index contributed by atoms with van der Waals surface area (Å²) in [5.74, 6) is 1.85. The van der Waals surface area contributed by atoms with E-state index in [-0.39, 0.29) is 0 Å². The van der Waals surface area contributed by atoms with E-state index in [2.05, 4.69) is 17.8 Å². The number of thiol groups is 1. The second-order valence-corrected chi connectivity index (χ2v) is 2.68. The lowest BCUT2D eigenvalue weighted by Gasteiger charge is -1.92. The van der Waals surface area contributed by atoms with Gasteiger partial charge in [0, 0.05) is 5.56 Å². The Morgan fingerprint density at radius 2 is 2.50 bits per heavy atom. The molecule has 1 aromatic rings. The van der Waals surface area contributed by atoms with Crippen LogP contribution in [0.15, 0.2) is 10.7 Å². The van der Waals surface area contributed by atoms with E-state index in [1.165, 1.54) is 5.56 Å². The molecule has 0 aliphatic carbocycles. The highest BCUT2D eigenvalue weighted by Crippen LogP contribution is 2.08. The van der Waals surface area contributed by atoms with Gasteiger partial charge in [-0.2, -0.15) is 12.6 Å². The summed E-state index contributed by atoms with van der Waals surface area (Å²) in [5.41, 5.74) is 1.20. The number of aromatic nitrogens is 1. The van der Waals surface area contributed by atoms with E-state index in [1.54, 1.807) is 6.20 Å². The fourth-order valence-electron chi connectivity index (χ4n) is 0.829. The molecule has 1 rings (SSSR count). The summed E-state index contributed by atoms with van der Waals surface area (Å²) in [4.78, 5) is 0. The topological polar surface area (TPSA) is 26.0 Å². The van der Waals surface area contributed by atoms with E-state index in [0.29, 0.717) is 0 Å². The molecule has 0 atom stereocenters. The summed E-state index contributed by atoms with van der Waals surface area (Å²) in [5, 5.41) is 3.67. The van der Waals surface area contributed by atoms with Gasteiger partial charge in [0.1, 0.15) is 5.76 Å². The zero-order valence-corrected chi connectivity index (χ0v) is 6.90. The van der Waals surface area contributed by atoms with Crippen molar-refractivity contribution in [1.82, 2.24) is 5.16 Å². The number of hydrogen-bond donors (Lipinski definition) is 1. The molecule has 1 aromatic heterocycles. The molecule has 0 radical (unpaired) electrons. The SMILES string of the molecule is Cc1oncc1CCCS. The molecule has 0 aliphatic rings. The van der Waals surface area contributed by atoms with Crippen LogP contribution in [0.4, 0.5) is 0 Å². The molecular formula is C7H11NOS. The van der Waals surface area contributed by atoms with E-state index in [4.69, 9.17) is 4.52 Å². The molecule has 1 heterocycles. The van der Waals surface area contributed by atoms with Crippen LogP contribution in [-0.2, 0) is 6.42 Å². The van der Waals surface area contributed by atoms with E-state index in [0.717, 1.165) is 24.4 Å². The molecule has 0 spiro atoms. The van der Waals surface area contributed by atoms with Crippen LogP contribution < -0.4 is 0 Å². The largest absolute Gasteiger partial charge is 0.361 e. The summed E-state index contributed by atoms with van der Waals surface area (Å²) in [6, 6.07) is 0. The van der Waals surface area contributed by atoms with Crippen LogP contribution in [0, 0.1) is 6.92 Å². The average Bonchev–Trinajstić information content (AvgIpc) is 2.31. The molecule has 0 unspecified atom stereocenters. The van der Waals surface area contributed by atoms with Crippen LogP contribution in [0.25, 0.3) is 0 Å². The van der Waals surface area contributed by atoms with Gasteiger partial charge < -0.3 is 4.52 Å². The summed E-state index contributed by atoms with van der Waals surface area (Å²) in [7, 11) is 0. The molecule has 0 bridgehead atoms. The Labute approximate surface area is 66.0 Å². The predicted octanol–water partition coefficient (Wildman–Crippen LogP) is 1.85. The minimum Gasteiger partial charge on any atom is -0.361 e. The monoisotopic (exact) mass is 157 g/mol. The first-order valence-electron chi connectivity index (χ1n) is 3.35. The maximum Gasteiger partial charge on any atom is 0.136 e. The fourth-order valence-corrected chi connectivity index (χ4v) is 0.987. The van der Waals surface area contributed by atoms with Gasteiger partial charge in [0.15, 0.2) is 0 Å². The van der Waals surface area contributed by atoms with Gasteiger partial charge in [-0.1, -0.05) is 5.16 Å². The number of hydrogen-bond acceptors (Lipinski definition) is 3. The van der Waals surface area contributed by atoms with Crippen LogP contribution in [0.1, 0.15) is 17.7 Å². The Hall–Kier alpha value is -0.440. The van der Waals surface area contributed by atoms with Crippen molar-refractivity contribution < 1.29 is 4.52 Å². The van der Waals surface area contributed by atoms with Gasteiger partial charge in [-0.3, -0.25) is 0 Å². The standard InChI is InChI=1S/C7H11NOS/c1-6-7(3-2-4-10)5-8-9-6/h5,10H,2-4H2,1H3. The minimum absolute atomic E-state index is 0.921. The Morgan fingerprint density at radius 1 is 1.70 bits per heavy atom. The molecule has 0 fully saturated rings. The smallest absolute Gasteiger partial charge is 0.136 e. The second kappa shape index (κ2) is 3.66. The summed E-state index contributed by atoms with van der Waals surface area (Å²) in [6.07, 6.45) is 3.89. The Bertz CT molecular complexity index is 197. The summed E-state index contributed by atoms with van der Waals surface area (Å²) >= 11 is 4.11. The van der Waals surface area contributed by atoms with Gasteiger partial charge in [0.25, 0.3) is 0 Å². The average molecular weight is 157 g/mol. The molecule has 0 aromatic carbocycles. The highest BCUT2D eigenvalue weighted by molar-refractivity contribution is 7.80. The molecule has 0 N–H and O–H groups in total. The quantitative estimate of drug-likeness (QED) is 0.677. The first-order chi connectivity index (χ1) is 4.84. The van der Waals surface area contributed by atoms with Crippen LogP contribution in [0.5, 0.6) is 0 Å². The van der Waals surface area contributed by atoms with Gasteiger partial charge in [-0.05, 0) is 25.5 Å². The predicted molar refractivity (Wildman–Crippen MR) is 43.4 cm³/mol. The molecule has 0 aliphatic heterocycles. The van der Waals surface area contributed by atoms with Crippen molar-refractivity contribution in [3.63, 3.8) is 0 Å². The first-order valence-corrected chi connectivity index (χ1v) is 3.99. The fraction of sp³-hybridized carbons (Fsp3) is 0.571. The minimum atomic E-state index is 0.921. The van der Waals surface area contributed by atoms with Gasteiger partial charge in [-0.25, -0.2) is 0 Å². The molecule has 56 valence electrons. The van der Waals surface area contributed by atoms with E-state index in [1.807, 2.05) is 6.92 Å². The van der Waals surface area contributed by atoms with Crippen molar-refractivity contribution in [2.24, 2.45) is 0 Å². The van der Waals surface area contributed by atoms with Gasteiger partial charge in [0.2, 0.25) is 0 Å². The number of aryl methyl sites for hydroxylation is 2. The zero-order valence-electron chi connectivity index (χ0n) is 6.00. The third-order valence-corrected chi connectivity index (χ3v) is 1.77. The van der Waals surface area contributed by atoms with Crippen molar-refractivity contribution in [3.8, 4) is 0 Å². The number of nitrogens with zero attached hydrogens (tertiary/aromatic N) is 1. The molecule has 0 saturated carbocycles. The van der Waals surface area contributed by atoms with Gasteiger partial charge in [0.05, 0.1) is 6.20 Å². The van der Waals surface area contributed by atoms with Crippen molar-refractivity contribution >= 4 is 12.6 Å². The third-order valence-electron chi connectivity index (χ3n) is 1.45. The molecule has 3 heteroatoms. The zero-order chi connectivity index (χ0) is 7.40. The van der Waals surface area contributed by atoms with E-state index < -0.39 is 0 Å². The van der Waals surface area contributed by atoms with Crippen molar-refractivity contribution in [2.75, 3.05) is 5.75 Å². The Balaban J connectivity index is 2.49. The van der Waals surface area contributed by atoms with Crippen LogP contribution >= 0.6 is 12.6 Å². The lowest BCUT2D eigenvalue weighted by atomic mass is 10.2. The van der Waals surface area contributed by atoms with Crippen LogP contribution in [0.3, 0.4) is 0 Å². The highest BCUT2D eigenvalue weighted by atomic mass is 32.1. The molecule has 2 nitrogen and oxygen atoms in total. The van der Waals surface area contributed by atoms with Gasteiger partial charge >= 0.3 is 0 Å². The summed E-state index contributed by atoms with van der Waals surface area (Å²) < 4.78 is 4.89. The van der Waals surface area contributed by atoms with Gasteiger partial charge in [-0.15, -0.1) is 0 Å². The normalized spacial score (nSPS) is 10.2. The molecule has 0 saturated heterocycles. The van der Waals surface area contributed by atoms with Crippen molar-refractivity contribution in [2.45, 2.75) is 19.8 Å². The van der Waals surface area contributed by atoms with Crippen molar-refractivity contribution in [1.29, 1.82) is 0 Å².